The number of hydrogen-bond acceptors (Lipinski definition) is 13. The van der Waals surface area contributed by atoms with Gasteiger partial charge in [-0.1, -0.05) is 21.6 Å². The first-order valence-electron chi connectivity index (χ1n) is 13.1. The number of Topliss-reactive ketones (excluding diaryl/α,β-unsaturated/α-hetero) is 1. The van der Waals surface area contributed by atoms with E-state index in [2.05, 4.69) is 35.9 Å². The first kappa shape index (κ1) is 33.8. The van der Waals surface area contributed by atoms with Gasteiger partial charge < -0.3 is 31.9 Å². The Kier molecular flexibility index (Phi) is 12.5. The average Bonchev–Trinajstić information content (AvgIpc) is 2.97. The summed E-state index contributed by atoms with van der Waals surface area (Å²) < 4.78 is 0. The summed E-state index contributed by atoms with van der Waals surface area (Å²) in [7, 11) is 2.52. The number of anilines is 2. The van der Waals surface area contributed by atoms with E-state index in [1.165, 1.54) is 46.8 Å². The summed E-state index contributed by atoms with van der Waals surface area (Å²) in [6.07, 6.45) is 1.19. The third kappa shape index (κ3) is 10.5. The van der Waals surface area contributed by atoms with Gasteiger partial charge in [0.2, 0.25) is 11.9 Å². The highest BCUT2D eigenvalue weighted by atomic mass is 33.1. The summed E-state index contributed by atoms with van der Waals surface area (Å²) in [5.41, 5.74) is 6.34. The van der Waals surface area contributed by atoms with Gasteiger partial charge in [-0.05, 0) is 37.6 Å². The maximum Gasteiger partial charge on any atom is 0.327 e. The van der Waals surface area contributed by atoms with Crippen LogP contribution in [0.25, 0.3) is 11.2 Å². The largest absolute Gasteiger partial charge is 0.480 e. The molecule has 234 valence electrons. The number of carboxylic acid groups (broad SMARTS) is 2. The van der Waals surface area contributed by atoms with Crippen LogP contribution in [0.4, 0.5) is 11.6 Å². The van der Waals surface area contributed by atoms with Crippen LogP contribution in [0.3, 0.4) is 0 Å². The highest BCUT2D eigenvalue weighted by Gasteiger charge is 2.24. The molecule has 2 heterocycles. The quantitative estimate of drug-likeness (QED) is 0.0790. The van der Waals surface area contributed by atoms with Gasteiger partial charge >= 0.3 is 11.9 Å². The van der Waals surface area contributed by atoms with E-state index in [1.54, 1.807) is 12.1 Å². The van der Waals surface area contributed by atoms with Gasteiger partial charge in [0.15, 0.2) is 11.2 Å². The van der Waals surface area contributed by atoms with E-state index in [-0.39, 0.29) is 53.6 Å². The van der Waals surface area contributed by atoms with E-state index in [0.717, 1.165) is 0 Å². The Balaban J connectivity index is 1.49. The smallest absolute Gasteiger partial charge is 0.327 e. The van der Waals surface area contributed by atoms with Crippen LogP contribution >= 0.6 is 21.6 Å². The molecule has 2 unspecified atom stereocenters. The molecule has 0 saturated carbocycles. The third-order valence-corrected chi connectivity index (χ3v) is 8.27. The summed E-state index contributed by atoms with van der Waals surface area (Å²) in [4.78, 5) is 85.8. The fourth-order valence-corrected chi connectivity index (χ4v) is 5.81. The molecule has 44 heavy (non-hydrogen) atoms. The van der Waals surface area contributed by atoms with Gasteiger partial charge in [0, 0.05) is 35.6 Å². The lowest BCUT2D eigenvalue weighted by Gasteiger charge is -2.17. The molecule has 3 rings (SSSR count). The number of aliphatic carboxylic acids is 2. The molecule has 0 aliphatic heterocycles. The molecule has 2 amide bonds. The molecule has 2 aromatic heterocycles. The Morgan fingerprint density at radius 2 is 1.68 bits per heavy atom. The number of nitrogens with two attached hydrogens (primary N) is 1. The zero-order valence-electron chi connectivity index (χ0n) is 23.4. The molecular formula is C26H30N8O8S2. The van der Waals surface area contributed by atoms with Crippen molar-refractivity contribution in [3.8, 4) is 0 Å². The van der Waals surface area contributed by atoms with Crippen molar-refractivity contribution in [2.75, 3.05) is 22.6 Å². The van der Waals surface area contributed by atoms with Crippen LogP contribution in [-0.4, -0.2) is 83.3 Å². The van der Waals surface area contributed by atoms with Gasteiger partial charge in [0.1, 0.15) is 17.9 Å². The van der Waals surface area contributed by atoms with Gasteiger partial charge in [-0.2, -0.15) is 4.98 Å². The van der Waals surface area contributed by atoms with Crippen molar-refractivity contribution in [1.29, 1.82) is 0 Å². The van der Waals surface area contributed by atoms with Crippen LogP contribution in [-0.2, 0) is 25.7 Å². The number of aromatic amines is 1. The van der Waals surface area contributed by atoms with Crippen molar-refractivity contribution in [2.24, 2.45) is 0 Å². The Labute approximate surface area is 257 Å². The van der Waals surface area contributed by atoms with E-state index >= 15 is 0 Å². The maximum atomic E-state index is 12.7. The molecule has 8 N–H and O–H groups in total. The number of carbonyl (C=O) groups is 5. The van der Waals surface area contributed by atoms with Gasteiger partial charge in [-0.25, -0.2) is 19.6 Å². The molecule has 0 aliphatic rings. The summed E-state index contributed by atoms with van der Waals surface area (Å²) in [6, 6.07) is 3.51. The number of rotatable bonds is 17. The molecule has 0 radical (unpaired) electrons. The zero-order chi connectivity index (χ0) is 32.2. The van der Waals surface area contributed by atoms with E-state index in [9.17, 15) is 39.0 Å². The molecule has 0 aliphatic carbocycles. The van der Waals surface area contributed by atoms with Gasteiger partial charge in [-0.15, -0.1) is 0 Å². The van der Waals surface area contributed by atoms with E-state index in [0.29, 0.717) is 23.6 Å². The number of fused-ring (bicyclic) bond motifs is 1. The first-order chi connectivity index (χ1) is 20.9. The minimum Gasteiger partial charge on any atom is -0.480 e. The van der Waals surface area contributed by atoms with Crippen molar-refractivity contribution in [2.45, 2.75) is 44.8 Å². The van der Waals surface area contributed by atoms with Crippen molar-refractivity contribution in [1.82, 2.24) is 30.6 Å². The molecule has 1 aromatic carbocycles. The highest BCUT2D eigenvalue weighted by molar-refractivity contribution is 8.76. The normalized spacial score (nSPS) is 12.2. The number of nitrogens with zero attached hydrogens (tertiary/aromatic N) is 3. The molecule has 0 saturated heterocycles. The number of nitrogens with one attached hydrogen (secondary N) is 4. The number of amides is 2. The van der Waals surface area contributed by atoms with Crippen LogP contribution in [0.15, 0.2) is 35.3 Å². The molecule has 16 nitrogen and oxygen atoms in total. The summed E-state index contributed by atoms with van der Waals surface area (Å²) in [6.45, 7) is 1.65. The molecule has 0 bridgehead atoms. The highest BCUT2D eigenvalue weighted by Crippen LogP contribution is 2.23. The summed E-state index contributed by atoms with van der Waals surface area (Å²) in [5, 5.41) is 26.7. The second kappa shape index (κ2) is 16.2. The van der Waals surface area contributed by atoms with Crippen molar-refractivity contribution in [3.63, 3.8) is 0 Å². The number of carbonyl (C=O) groups excluding carboxylic acids is 3. The Bertz CT molecular complexity index is 1580. The molecule has 18 heteroatoms. The molecule has 0 fully saturated rings. The Morgan fingerprint density at radius 3 is 2.34 bits per heavy atom. The van der Waals surface area contributed by atoms with E-state index in [1.807, 2.05) is 0 Å². The Hall–Kier alpha value is -4.71. The molecular weight excluding hydrogens is 616 g/mol. The predicted molar refractivity (Wildman–Crippen MR) is 164 cm³/mol. The van der Waals surface area contributed by atoms with Crippen LogP contribution in [0.1, 0.15) is 42.2 Å². The monoisotopic (exact) mass is 646 g/mol. The average molecular weight is 647 g/mol. The van der Waals surface area contributed by atoms with Gasteiger partial charge in [0.25, 0.3) is 11.5 Å². The minimum atomic E-state index is -1.40. The summed E-state index contributed by atoms with van der Waals surface area (Å²) in [5.74, 6) is -3.45. The molecule has 3 aromatic rings. The number of H-pyrrole nitrogens is 1. The standard InChI is InChI=1S/C26H30N8O8S2/c1-13(35)8-9-43-44-12-18(25(41)42)31-19(36)7-6-17(24(39)40)32-22(37)14-2-4-15(5-3-14)28-10-16-11-29-21-20(30-16)23(38)34-26(27)33-21/h2-5,11,17-18,28H,6-10,12H2,1H3,(H,31,36)(H,32,37)(H,39,40)(H,41,42)(H3,27,29,33,34,38). The van der Waals surface area contributed by atoms with Crippen LogP contribution < -0.4 is 27.2 Å². The second-order valence-corrected chi connectivity index (χ2v) is 12.0. The number of nitrogen functional groups attached to an aromatic ring is 1. The Morgan fingerprint density at radius 1 is 0.977 bits per heavy atom. The topological polar surface area (TPSA) is 259 Å². The number of ketones is 1. The zero-order valence-corrected chi connectivity index (χ0v) is 25.0. The third-order valence-electron chi connectivity index (χ3n) is 5.86. The minimum absolute atomic E-state index is 0.0183. The summed E-state index contributed by atoms with van der Waals surface area (Å²) >= 11 is 0. The lowest BCUT2D eigenvalue weighted by atomic mass is 10.1. The second-order valence-electron chi connectivity index (χ2n) is 9.34. The van der Waals surface area contributed by atoms with Gasteiger partial charge in [0.05, 0.1) is 18.4 Å². The van der Waals surface area contributed by atoms with Gasteiger partial charge in [-0.3, -0.25) is 24.2 Å². The number of aromatic nitrogens is 4. The van der Waals surface area contributed by atoms with Crippen LogP contribution in [0, 0.1) is 0 Å². The fourth-order valence-electron chi connectivity index (χ4n) is 3.56. The SMILES string of the molecule is CC(=O)CCSSCC(NC(=O)CCC(NC(=O)c1ccc(NCc2cnc3nc(N)[nH]c(=O)c3n2)cc1)C(=O)O)C(=O)O. The number of benzene rings is 1. The molecule has 0 spiro atoms. The lowest BCUT2D eigenvalue weighted by molar-refractivity contribution is -0.142. The number of carboxylic acids is 2. The van der Waals surface area contributed by atoms with Crippen LogP contribution in [0.5, 0.6) is 0 Å². The maximum absolute atomic E-state index is 12.7. The first-order valence-corrected chi connectivity index (χ1v) is 15.6. The fraction of sp³-hybridized carbons (Fsp3) is 0.346. The van der Waals surface area contributed by atoms with Crippen molar-refractivity contribution < 1.29 is 34.2 Å². The van der Waals surface area contributed by atoms with E-state index in [4.69, 9.17) is 5.73 Å². The van der Waals surface area contributed by atoms with E-state index < -0.39 is 41.4 Å². The van der Waals surface area contributed by atoms with Crippen molar-refractivity contribution in [3.05, 3.63) is 52.1 Å². The van der Waals surface area contributed by atoms with Crippen LogP contribution in [0.2, 0.25) is 0 Å². The van der Waals surface area contributed by atoms with Crippen molar-refractivity contribution >= 4 is 73.9 Å². The lowest BCUT2D eigenvalue weighted by Crippen LogP contribution is -2.44. The molecule has 2 atom stereocenters. The number of hydrogen-bond donors (Lipinski definition) is 7. The predicted octanol–water partition coefficient (Wildman–Crippen LogP) is 0.801.